The number of aromatic amines is 1. The molecule has 0 aliphatic rings. The highest BCUT2D eigenvalue weighted by Gasteiger charge is 1.97. The molecule has 1 N–H and O–H groups in total. The second kappa shape index (κ2) is 3.14. The Hall–Kier alpha value is -2.04. The van der Waals surface area contributed by atoms with E-state index in [2.05, 4.69) is 19.9 Å². The van der Waals surface area contributed by atoms with Gasteiger partial charge in [-0.05, 0) is 0 Å². The Kier molecular flexibility index (Phi) is 1.84. The number of rotatable bonds is 1. The second-order valence-electron chi connectivity index (χ2n) is 2.42. The standard InChI is InChI=1S/C8H6N4O/c13-8-4-11-7(3-12-8)6-1-9-5-10-2-6/h1-5H,(H,12,13). The third-order valence-corrected chi connectivity index (χ3v) is 1.53. The monoisotopic (exact) mass is 174 g/mol. The van der Waals surface area contributed by atoms with E-state index in [0.29, 0.717) is 5.69 Å². The van der Waals surface area contributed by atoms with Crippen LogP contribution in [0, 0.1) is 0 Å². The normalized spacial score (nSPS) is 9.85. The Morgan fingerprint density at radius 3 is 2.54 bits per heavy atom. The van der Waals surface area contributed by atoms with Crippen LogP contribution in [0.15, 0.2) is 35.9 Å². The topological polar surface area (TPSA) is 71.5 Å². The van der Waals surface area contributed by atoms with Gasteiger partial charge in [-0.2, -0.15) is 0 Å². The first-order valence-corrected chi connectivity index (χ1v) is 3.66. The molecule has 0 unspecified atom stereocenters. The quantitative estimate of drug-likeness (QED) is 0.671. The van der Waals surface area contributed by atoms with Crippen LogP contribution in [0.3, 0.4) is 0 Å². The van der Waals surface area contributed by atoms with Crippen LogP contribution >= 0.6 is 0 Å². The Bertz CT molecular complexity index is 431. The molecule has 0 aliphatic heterocycles. The molecule has 2 aromatic heterocycles. The summed E-state index contributed by atoms with van der Waals surface area (Å²) in [7, 11) is 0. The van der Waals surface area contributed by atoms with Gasteiger partial charge < -0.3 is 4.98 Å². The molecule has 0 spiro atoms. The number of hydrogen-bond donors (Lipinski definition) is 1. The number of H-pyrrole nitrogens is 1. The molecular formula is C8H6N4O. The molecule has 0 radical (unpaired) electrons. The van der Waals surface area contributed by atoms with E-state index in [1.165, 1.54) is 18.7 Å². The first kappa shape index (κ1) is 7.60. The van der Waals surface area contributed by atoms with Gasteiger partial charge in [0.15, 0.2) is 0 Å². The van der Waals surface area contributed by atoms with E-state index >= 15 is 0 Å². The molecule has 2 rings (SSSR count). The van der Waals surface area contributed by atoms with Crippen LogP contribution in [0.2, 0.25) is 0 Å². The van der Waals surface area contributed by atoms with E-state index in [1.54, 1.807) is 12.4 Å². The molecule has 0 saturated heterocycles. The first-order valence-electron chi connectivity index (χ1n) is 3.66. The molecule has 5 heteroatoms. The predicted molar refractivity (Wildman–Crippen MR) is 45.9 cm³/mol. The minimum atomic E-state index is -0.222. The fraction of sp³-hybridized carbons (Fsp3) is 0. The van der Waals surface area contributed by atoms with E-state index in [0.717, 1.165) is 5.56 Å². The average molecular weight is 174 g/mol. The van der Waals surface area contributed by atoms with Crippen molar-refractivity contribution in [3.8, 4) is 11.3 Å². The van der Waals surface area contributed by atoms with E-state index in [1.807, 2.05) is 0 Å². The summed E-state index contributed by atoms with van der Waals surface area (Å²) in [6.07, 6.45) is 7.46. The number of aromatic nitrogens is 4. The van der Waals surface area contributed by atoms with Crippen LogP contribution < -0.4 is 5.56 Å². The summed E-state index contributed by atoms with van der Waals surface area (Å²) in [5.74, 6) is 0. The van der Waals surface area contributed by atoms with Crippen molar-refractivity contribution in [2.24, 2.45) is 0 Å². The fourth-order valence-corrected chi connectivity index (χ4v) is 0.931. The molecule has 0 fully saturated rings. The SMILES string of the molecule is O=c1cnc(-c2cncnc2)c[nH]1. The molecule has 2 heterocycles. The van der Waals surface area contributed by atoms with E-state index in [9.17, 15) is 4.79 Å². The van der Waals surface area contributed by atoms with Crippen LogP contribution in [0.1, 0.15) is 0 Å². The lowest BCUT2D eigenvalue weighted by molar-refractivity contribution is 1.12. The van der Waals surface area contributed by atoms with Crippen molar-refractivity contribution in [2.45, 2.75) is 0 Å². The van der Waals surface area contributed by atoms with Crippen molar-refractivity contribution in [3.05, 3.63) is 41.5 Å². The Morgan fingerprint density at radius 2 is 1.92 bits per heavy atom. The molecule has 0 amide bonds. The number of nitrogens with one attached hydrogen (secondary N) is 1. The van der Waals surface area contributed by atoms with Gasteiger partial charge in [0.05, 0.1) is 11.9 Å². The van der Waals surface area contributed by atoms with Crippen LogP contribution in [-0.2, 0) is 0 Å². The molecule has 5 nitrogen and oxygen atoms in total. The van der Waals surface area contributed by atoms with Crippen molar-refractivity contribution in [1.82, 2.24) is 19.9 Å². The summed E-state index contributed by atoms with van der Waals surface area (Å²) in [4.78, 5) is 24.8. The molecule has 0 atom stereocenters. The van der Waals surface area contributed by atoms with E-state index in [-0.39, 0.29) is 5.56 Å². The molecule has 0 aliphatic carbocycles. The van der Waals surface area contributed by atoms with Crippen LogP contribution in [-0.4, -0.2) is 19.9 Å². The van der Waals surface area contributed by atoms with Crippen molar-refractivity contribution in [2.75, 3.05) is 0 Å². The molecule has 13 heavy (non-hydrogen) atoms. The second-order valence-corrected chi connectivity index (χ2v) is 2.42. The summed E-state index contributed by atoms with van der Waals surface area (Å²) in [5, 5.41) is 0. The summed E-state index contributed by atoms with van der Waals surface area (Å²) in [5.41, 5.74) is 1.21. The molecule has 0 saturated carbocycles. The minimum Gasteiger partial charge on any atom is -0.326 e. The van der Waals surface area contributed by atoms with Crippen molar-refractivity contribution in [1.29, 1.82) is 0 Å². The lowest BCUT2D eigenvalue weighted by Crippen LogP contribution is -2.04. The van der Waals surface area contributed by atoms with Gasteiger partial charge in [-0.3, -0.25) is 4.79 Å². The van der Waals surface area contributed by atoms with E-state index in [4.69, 9.17) is 0 Å². The summed E-state index contributed by atoms with van der Waals surface area (Å²) >= 11 is 0. The maximum Gasteiger partial charge on any atom is 0.266 e. The summed E-state index contributed by atoms with van der Waals surface area (Å²) < 4.78 is 0. The van der Waals surface area contributed by atoms with Crippen LogP contribution in [0.5, 0.6) is 0 Å². The third-order valence-electron chi connectivity index (χ3n) is 1.53. The van der Waals surface area contributed by atoms with Gasteiger partial charge in [0.25, 0.3) is 5.56 Å². The fourth-order valence-electron chi connectivity index (χ4n) is 0.931. The molecular weight excluding hydrogens is 168 g/mol. The summed E-state index contributed by atoms with van der Waals surface area (Å²) in [6, 6.07) is 0. The summed E-state index contributed by atoms with van der Waals surface area (Å²) in [6.45, 7) is 0. The highest BCUT2D eigenvalue weighted by Crippen LogP contribution is 2.09. The van der Waals surface area contributed by atoms with Gasteiger partial charge in [-0.25, -0.2) is 15.0 Å². The lowest BCUT2D eigenvalue weighted by atomic mass is 10.2. The largest absolute Gasteiger partial charge is 0.326 e. The van der Waals surface area contributed by atoms with Crippen LogP contribution in [0.25, 0.3) is 11.3 Å². The Balaban J connectivity index is 2.48. The van der Waals surface area contributed by atoms with E-state index < -0.39 is 0 Å². The number of hydrogen-bond acceptors (Lipinski definition) is 4. The highest BCUT2D eigenvalue weighted by atomic mass is 16.1. The molecule has 64 valence electrons. The first-order chi connectivity index (χ1) is 6.36. The highest BCUT2D eigenvalue weighted by molar-refractivity contribution is 5.54. The smallest absolute Gasteiger partial charge is 0.266 e. The Morgan fingerprint density at radius 1 is 1.15 bits per heavy atom. The van der Waals surface area contributed by atoms with Gasteiger partial charge in [0.1, 0.15) is 6.33 Å². The van der Waals surface area contributed by atoms with Gasteiger partial charge in [-0.15, -0.1) is 0 Å². The van der Waals surface area contributed by atoms with Gasteiger partial charge in [0.2, 0.25) is 0 Å². The maximum absolute atomic E-state index is 10.7. The molecule has 0 aromatic carbocycles. The van der Waals surface area contributed by atoms with Gasteiger partial charge in [0, 0.05) is 24.2 Å². The molecule has 2 aromatic rings. The van der Waals surface area contributed by atoms with Gasteiger partial charge >= 0.3 is 0 Å². The van der Waals surface area contributed by atoms with Crippen LogP contribution in [0.4, 0.5) is 0 Å². The van der Waals surface area contributed by atoms with Crippen molar-refractivity contribution in [3.63, 3.8) is 0 Å². The Labute approximate surface area is 73.5 Å². The average Bonchev–Trinajstić information content (AvgIpc) is 2.20. The zero-order valence-corrected chi connectivity index (χ0v) is 6.64. The molecule has 0 bridgehead atoms. The van der Waals surface area contributed by atoms with Gasteiger partial charge in [-0.1, -0.05) is 0 Å². The third kappa shape index (κ3) is 1.58. The minimum absolute atomic E-state index is 0.222. The number of nitrogens with zero attached hydrogens (tertiary/aromatic N) is 3. The van der Waals surface area contributed by atoms with Crippen molar-refractivity contribution >= 4 is 0 Å². The van der Waals surface area contributed by atoms with Crippen molar-refractivity contribution < 1.29 is 0 Å². The maximum atomic E-state index is 10.7. The lowest BCUT2D eigenvalue weighted by Gasteiger charge is -1.95. The zero-order valence-electron chi connectivity index (χ0n) is 6.64. The predicted octanol–water partition coefficient (Wildman–Crippen LogP) is 0.227. The zero-order chi connectivity index (χ0) is 9.10.